The van der Waals surface area contributed by atoms with Crippen molar-refractivity contribution >= 4 is 28.4 Å². The number of aromatic nitrogens is 1. The second-order valence-corrected chi connectivity index (χ2v) is 4.64. The fraction of sp³-hybridized carbons (Fsp3) is 0.182. The molecular weight excluding hydrogens is 268 g/mol. The van der Waals surface area contributed by atoms with Crippen LogP contribution in [0.1, 0.15) is 5.69 Å². The van der Waals surface area contributed by atoms with Gasteiger partial charge in [-0.2, -0.15) is 0 Å². The van der Waals surface area contributed by atoms with E-state index in [4.69, 9.17) is 0 Å². The molecule has 0 bridgehead atoms. The topological polar surface area (TPSA) is 100 Å². The van der Waals surface area contributed by atoms with Gasteiger partial charge < -0.3 is 15.6 Å². The van der Waals surface area contributed by atoms with Crippen molar-refractivity contribution < 1.29 is 4.92 Å². The first-order valence-electron chi connectivity index (χ1n) is 5.46. The number of anilines is 2. The molecule has 0 aliphatic rings. The van der Waals surface area contributed by atoms with E-state index < -0.39 is 4.92 Å². The number of aromatic amines is 1. The lowest BCUT2D eigenvalue weighted by atomic mass is 10.2. The monoisotopic (exact) mass is 280 g/mol. The molecule has 0 spiro atoms. The molecule has 0 radical (unpaired) electrons. The van der Waals surface area contributed by atoms with E-state index in [-0.39, 0.29) is 10.6 Å². The van der Waals surface area contributed by atoms with E-state index in [1.54, 1.807) is 18.5 Å². The zero-order valence-corrected chi connectivity index (χ0v) is 10.9. The molecule has 2 aromatic rings. The highest BCUT2D eigenvalue weighted by atomic mass is 32.1. The Bertz CT molecular complexity index is 649. The van der Waals surface area contributed by atoms with Gasteiger partial charge in [0.2, 0.25) is 0 Å². The molecule has 2 rings (SSSR count). The summed E-state index contributed by atoms with van der Waals surface area (Å²) in [7, 11) is 1.69. The summed E-state index contributed by atoms with van der Waals surface area (Å²) in [5.74, 6) is 0. The van der Waals surface area contributed by atoms with Crippen LogP contribution in [0.15, 0.2) is 28.4 Å². The van der Waals surface area contributed by atoms with Crippen LogP contribution in [0.5, 0.6) is 0 Å². The molecule has 3 N–H and O–H groups in total. The maximum Gasteiger partial charge on any atom is 0.304 e. The normalized spacial score (nSPS) is 10.2. The van der Waals surface area contributed by atoms with Crippen LogP contribution in [-0.4, -0.2) is 17.0 Å². The highest BCUT2D eigenvalue weighted by Crippen LogP contribution is 2.24. The van der Waals surface area contributed by atoms with Crippen LogP contribution in [0.3, 0.4) is 0 Å². The van der Waals surface area contributed by atoms with E-state index >= 15 is 0 Å². The van der Waals surface area contributed by atoms with Gasteiger partial charge in [-0.1, -0.05) is 11.3 Å². The molecule has 19 heavy (non-hydrogen) atoms. The number of thiazole rings is 1. The fourth-order valence-corrected chi connectivity index (χ4v) is 2.14. The quantitative estimate of drug-likeness (QED) is 0.574. The molecule has 0 aliphatic carbocycles. The molecule has 0 unspecified atom stereocenters. The molecule has 0 atom stereocenters. The highest BCUT2D eigenvalue weighted by molar-refractivity contribution is 7.07. The van der Waals surface area contributed by atoms with Crippen molar-refractivity contribution in [3.8, 4) is 0 Å². The minimum absolute atomic E-state index is 0.00756. The molecule has 0 saturated heterocycles. The van der Waals surface area contributed by atoms with Crippen LogP contribution in [-0.2, 0) is 6.54 Å². The minimum atomic E-state index is -0.446. The van der Waals surface area contributed by atoms with E-state index in [2.05, 4.69) is 15.6 Å². The number of H-pyrrole nitrogens is 1. The molecule has 0 fully saturated rings. The van der Waals surface area contributed by atoms with E-state index in [1.807, 2.05) is 0 Å². The molecule has 7 nitrogen and oxygen atoms in total. The standard InChI is InChI=1S/C11H12N4O3S/c1-12-7-2-8(4-10(3-7)15(17)18)13-5-9-6-19-11(16)14-9/h2-4,6,12-13H,5H2,1H3,(H,14,16). The fourth-order valence-electron chi connectivity index (χ4n) is 1.56. The van der Waals surface area contributed by atoms with E-state index in [9.17, 15) is 14.9 Å². The van der Waals surface area contributed by atoms with E-state index in [1.165, 1.54) is 12.1 Å². The molecule has 1 aromatic carbocycles. The summed E-state index contributed by atoms with van der Waals surface area (Å²) >= 11 is 1.08. The summed E-state index contributed by atoms with van der Waals surface area (Å²) in [6.07, 6.45) is 0. The smallest absolute Gasteiger partial charge is 0.304 e. The third kappa shape index (κ3) is 3.32. The number of hydrogen-bond donors (Lipinski definition) is 3. The average Bonchev–Trinajstić information content (AvgIpc) is 2.81. The number of nitro benzene ring substituents is 1. The first-order valence-corrected chi connectivity index (χ1v) is 6.34. The van der Waals surface area contributed by atoms with Crippen LogP contribution in [0.25, 0.3) is 0 Å². The van der Waals surface area contributed by atoms with Gasteiger partial charge in [0, 0.05) is 41.6 Å². The maximum atomic E-state index is 11.0. The Kier molecular flexibility index (Phi) is 3.81. The maximum absolute atomic E-state index is 11.0. The molecule has 0 saturated carbocycles. The van der Waals surface area contributed by atoms with Gasteiger partial charge in [0.05, 0.1) is 11.5 Å². The Morgan fingerprint density at radius 3 is 2.68 bits per heavy atom. The number of rotatable bonds is 5. The molecule has 0 amide bonds. The molecule has 8 heteroatoms. The van der Waals surface area contributed by atoms with Crippen molar-refractivity contribution in [1.29, 1.82) is 0 Å². The highest BCUT2D eigenvalue weighted by Gasteiger charge is 2.09. The number of non-ortho nitro benzene ring substituents is 1. The van der Waals surface area contributed by atoms with Crippen molar-refractivity contribution in [2.24, 2.45) is 0 Å². The average molecular weight is 280 g/mol. The van der Waals surface area contributed by atoms with Gasteiger partial charge in [-0.3, -0.25) is 14.9 Å². The van der Waals surface area contributed by atoms with E-state index in [0.717, 1.165) is 17.0 Å². The molecular formula is C11H12N4O3S. The summed E-state index contributed by atoms with van der Waals surface area (Å²) in [4.78, 5) is 23.9. The Balaban J connectivity index is 2.17. The SMILES string of the molecule is CNc1cc(NCc2csc(=O)[nH]2)cc([N+](=O)[O-])c1. The Morgan fingerprint density at radius 2 is 2.11 bits per heavy atom. The summed E-state index contributed by atoms with van der Waals surface area (Å²) < 4.78 is 0. The third-order valence-electron chi connectivity index (χ3n) is 2.47. The summed E-state index contributed by atoms with van der Waals surface area (Å²) in [6, 6.07) is 4.67. The van der Waals surface area contributed by atoms with Gasteiger partial charge >= 0.3 is 4.87 Å². The van der Waals surface area contributed by atoms with Crippen molar-refractivity contribution in [2.45, 2.75) is 6.54 Å². The van der Waals surface area contributed by atoms with Crippen molar-refractivity contribution in [2.75, 3.05) is 17.7 Å². The van der Waals surface area contributed by atoms with Gasteiger partial charge in [0.25, 0.3) is 5.69 Å². The first kappa shape index (κ1) is 13.1. The largest absolute Gasteiger partial charge is 0.388 e. The third-order valence-corrected chi connectivity index (χ3v) is 3.19. The Hall–Kier alpha value is -2.35. The summed E-state index contributed by atoms with van der Waals surface area (Å²) in [5, 5.41) is 18.4. The number of nitrogens with zero attached hydrogens (tertiary/aromatic N) is 1. The van der Waals surface area contributed by atoms with Gasteiger partial charge in [0.15, 0.2) is 0 Å². The zero-order chi connectivity index (χ0) is 13.8. The van der Waals surface area contributed by atoms with Crippen molar-refractivity contribution in [1.82, 2.24) is 4.98 Å². The van der Waals surface area contributed by atoms with Crippen LogP contribution in [0, 0.1) is 10.1 Å². The van der Waals surface area contributed by atoms with Gasteiger partial charge in [-0.25, -0.2) is 0 Å². The van der Waals surface area contributed by atoms with Crippen LogP contribution >= 0.6 is 11.3 Å². The first-order chi connectivity index (χ1) is 9.08. The minimum Gasteiger partial charge on any atom is -0.388 e. The van der Waals surface area contributed by atoms with E-state index in [0.29, 0.717) is 17.9 Å². The van der Waals surface area contributed by atoms with Crippen LogP contribution < -0.4 is 15.5 Å². The molecule has 100 valence electrons. The lowest BCUT2D eigenvalue weighted by Gasteiger charge is -2.07. The Morgan fingerprint density at radius 1 is 1.37 bits per heavy atom. The lowest BCUT2D eigenvalue weighted by Crippen LogP contribution is -2.03. The number of hydrogen-bond acceptors (Lipinski definition) is 6. The second-order valence-electron chi connectivity index (χ2n) is 3.80. The number of nitrogens with one attached hydrogen (secondary N) is 3. The summed E-state index contributed by atoms with van der Waals surface area (Å²) in [6.45, 7) is 0.406. The molecule has 0 aliphatic heterocycles. The van der Waals surface area contributed by atoms with Gasteiger partial charge in [-0.05, 0) is 6.07 Å². The van der Waals surface area contributed by atoms with Crippen LogP contribution in [0.2, 0.25) is 0 Å². The predicted molar refractivity (Wildman–Crippen MR) is 74.9 cm³/mol. The number of benzene rings is 1. The molecule has 1 heterocycles. The van der Waals surface area contributed by atoms with Gasteiger partial charge in [0.1, 0.15) is 0 Å². The second kappa shape index (κ2) is 5.53. The van der Waals surface area contributed by atoms with Crippen LogP contribution in [0.4, 0.5) is 17.1 Å². The van der Waals surface area contributed by atoms with Crippen molar-refractivity contribution in [3.05, 3.63) is 49.1 Å². The summed E-state index contributed by atoms with van der Waals surface area (Å²) in [5.41, 5.74) is 2.02. The lowest BCUT2D eigenvalue weighted by molar-refractivity contribution is -0.384. The molecule has 1 aromatic heterocycles. The Labute approximate surface area is 112 Å². The zero-order valence-electron chi connectivity index (χ0n) is 10.1. The predicted octanol–water partition coefficient (Wildman–Crippen LogP) is 2.00. The number of nitro groups is 1. The van der Waals surface area contributed by atoms with Crippen molar-refractivity contribution in [3.63, 3.8) is 0 Å². The van der Waals surface area contributed by atoms with Gasteiger partial charge in [-0.15, -0.1) is 0 Å².